The zero-order valence-corrected chi connectivity index (χ0v) is 16.1. The lowest BCUT2D eigenvalue weighted by molar-refractivity contribution is 1.02. The van der Waals surface area contributed by atoms with E-state index in [1.54, 1.807) is 6.20 Å². The minimum absolute atomic E-state index is 0.737. The summed E-state index contributed by atoms with van der Waals surface area (Å²) in [7, 11) is 0. The third kappa shape index (κ3) is 3.57. The van der Waals surface area contributed by atoms with E-state index in [2.05, 4.69) is 80.5 Å². The van der Waals surface area contributed by atoms with Crippen molar-refractivity contribution in [2.75, 3.05) is 0 Å². The summed E-state index contributed by atoms with van der Waals surface area (Å²) in [5, 5.41) is 0. The third-order valence-electron chi connectivity index (χ3n) is 2.97. The number of hydrogen-bond donors (Lipinski definition) is 0. The average Bonchev–Trinajstić information content (AvgIpc) is 3.06. The highest BCUT2D eigenvalue weighted by molar-refractivity contribution is 14.1. The lowest BCUT2D eigenvalue weighted by Gasteiger charge is -1.96. The van der Waals surface area contributed by atoms with E-state index < -0.39 is 0 Å². The maximum atomic E-state index is 4.27. The first-order chi connectivity index (χ1) is 10.1. The molecule has 0 aliphatic carbocycles. The van der Waals surface area contributed by atoms with Gasteiger partial charge < -0.3 is 0 Å². The molecule has 0 saturated heterocycles. The van der Waals surface area contributed by atoms with Gasteiger partial charge in [-0.15, -0.1) is 0 Å². The zero-order valence-electron chi connectivity index (χ0n) is 10.7. The van der Waals surface area contributed by atoms with Crippen molar-refractivity contribution in [2.24, 2.45) is 9.98 Å². The van der Waals surface area contributed by atoms with Crippen LogP contribution in [0, 0.1) is 0 Å². The fourth-order valence-electron chi connectivity index (χ4n) is 1.96. The zero-order chi connectivity index (χ0) is 14.8. The Balaban J connectivity index is 0.000000126. The highest BCUT2D eigenvalue weighted by atomic mass is 127. The molecule has 21 heavy (non-hydrogen) atoms. The van der Waals surface area contributed by atoms with Crippen LogP contribution >= 0.6 is 54.5 Å². The Morgan fingerprint density at radius 2 is 1.67 bits per heavy atom. The molecule has 2 aliphatic rings. The van der Waals surface area contributed by atoms with Gasteiger partial charge in [0.1, 0.15) is 3.72 Å². The molecule has 0 spiro atoms. The molecule has 4 nitrogen and oxygen atoms in total. The summed E-state index contributed by atoms with van der Waals surface area (Å²) in [5.74, 6) is 0. The van der Waals surface area contributed by atoms with E-state index in [1.165, 1.54) is 5.56 Å². The number of fused-ring (bicyclic) bond motifs is 2. The molecule has 4 rings (SSSR count). The average molecular weight is 520 g/mol. The Morgan fingerprint density at radius 1 is 0.952 bits per heavy atom. The molecule has 2 aliphatic heterocycles. The van der Waals surface area contributed by atoms with Crippen molar-refractivity contribution >= 4 is 64.4 Å². The van der Waals surface area contributed by atoms with Crippen molar-refractivity contribution < 1.29 is 0 Å². The van der Waals surface area contributed by atoms with Gasteiger partial charge in [-0.3, -0.25) is 20.0 Å². The highest BCUT2D eigenvalue weighted by Crippen LogP contribution is 2.23. The smallest absolute Gasteiger partial charge is 0.105 e. The van der Waals surface area contributed by atoms with Crippen LogP contribution in [0.25, 0.3) is 0 Å². The standard InChI is InChI=1S/C7H4BrIN2.C7H5BrN2/c8-4-1-5-6(10-2-4)3-11-7(5)9;8-6-1-5-2-9-4-7(5)10-3-6/h1-2H,3H2;1-3H,4H2. The first-order valence-corrected chi connectivity index (χ1v) is 8.79. The molecule has 0 atom stereocenters. The number of aliphatic imine (C=N–C) groups is 2. The molecule has 0 saturated carbocycles. The number of nitrogens with zero attached hydrogens (tertiary/aromatic N) is 4. The fourth-order valence-corrected chi connectivity index (χ4v) is 3.28. The van der Waals surface area contributed by atoms with E-state index in [0.717, 1.165) is 42.7 Å². The molecule has 0 bridgehead atoms. The maximum absolute atomic E-state index is 4.27. The molecule has 0 N–H and O–H groups in total. The number of halogens is 3. The first-order valence-electron chi connectivity index (χ1n) is 6.12. The molecule has 2 aromatic heterocycles. The summed E-state index contributed by atoms with van der Waals surface area (Å²) in [6.45, 7) is 1.48. The Bertz CT molecular complexity index is 759. The molecule has 106 valence electrons. The number of hydrogen-bond acceptors (Lipinski definition) is 4. The minimum atomic E-state index is 0.737. The third-order valence-corrected chi connectivity index (χ3v) is 4.76. The van der Waals surface area contributed by atoms with Crippen LogP contribution in [0.15, 0.2) is 43.5 Å². The number of aromatic nitrogens is 2. The largest absolute Gasteiger partial charge is 0.286 e. The second-order valence-corrected chi connectivity index (χ2v) is 7.27. The SMILES string of the molecule is Brc1cnc2c(c1)C(I)=NC2.Brc1cnc2c(c1)C=NC2. The maximum Gasteiger partial charge on any atom is 0.105 e. The normalized spacial score (nSPS) is 14.1. The first kappa shape index (κ1) is 15.2. The van der Waals surface area contributed by atoms with Crippen LogP contribution in [-0.4, -0.2) is 19.9 Å². The molecule has 0 unspecified atom stereocenters. The second-order valence-electron chi connectivity index (χ2n) is 4.41. The Labute approximate surface area is 152 Å². The van der Waals surface area contributed by atoms with Gasteiger partial charge in [0.2, 0.25) is 0 Å². The van der Waals surface area contributed by atoms with E-state index in [-0.39, 0.29) is 0 Å². The Morgan fingerprint density at radius 3 is 2.48 bits per heavy atom. The van der Waals surface area contributed by atoms with Gasteiger partial charge in [-0.2, -0.15) is 0 Å². The van der Waals surface area contributed by atoms with E-state index >= 15 is 0 Å². The van der Waals surface area contributed by atoms with Gasteiger partial charge in [0.25, 0.3) is 0 Å². The van der Waals surface area contributed by atoms with Crippen LogP contribution in [0.5, 0.6) is 0 Å². The van der Waals surface area contributed by atoms with Crippen molar-refractivity contribution in [1.82, 2.24) is 9.97 Å². The molecule has 2 aromatic rings. The van der Waals surface area contributed by atoms with Crippen molar-refractivity contribution in [2.45, 2.75) is 13.1 Å². The molecule has 0 amide bonds. The topological polar surface area (TPSA) is 50.5 Å². The summed E-state index contributed by atoms with van der Waals surface area (Å²) in [5.41, 5.74) is 4.45. The van der Waals surface area contributed by atoms with Gasteiger partial charge in [-0.1, -0.05) is 0 Å². The molecule has 4 heterocycles. The van der Waals surface area contributed by atoms with E-state index in [1.807, 2.05) is 18.5 Å². The molecule has 0 fully saturated rings. The van der Waals surface area contributed by atoms with Crippen molar-refractivity contribution in [3.05, 3.63) is 56.0 Å². The summed E-state index contributed by atoms with van der Waals surface area (Å²) in [6.07, 6.45) is 5.46. The number of rotatable bonds is 0. The van der Waals surface area contributed by atoms with Gasteiger partial charge >= 0.3 is 0 Å². The monoisotopic (exact) mass is 518 g/mol. The second kappa shape index (κ2) is 6.62. The predicted molar refractivity (Wildman–Crippen MR) is 99.4 cm³/mol. The summed E-state index contributed by atoms with van der Waals surface area (Å²) in [4.78, 5) is 16.8. The molecule has 0 aromatic carbocycles. The van der Waals surface area contributed by atoms with Gasteiger partial charge in [0.05, 0.1) is 24.5 Å². The Kier molecular flexibility index (Phi) is 4.80. The van der Waals surface area contributed by atoms with Crippen LogP contribution in [0.4, 0.5) is 0 Å². The molecular weight excluding hydrogens is 511 g/mol. The van der Waals surface area contributed by atoms with Crippen molar-refractivity contribution in [3.63, 3.8) is 0 Å². The van der Waals surface area contributed by atoms with E-state index in [9.17, 15) is 0 Å². The Hall–Kier alpha value is -0.670. The van der Waals surface area contributed by atoms with Crippen LogP contribution in [0.2, 0.25) is 0 Å². The summed E-state index contributed by atoms with van der Waals surface area (Å²) < 4.78 is 3.09. The summed E-state index contributed by atoms with van der Waals surface area (Å²) in [6, 6.07) is 4.08. The van der Waals surface area contributed by atoms with Gasteiger partial charge in [0.15, 0.2) is 0 Å². The van der Waals surface area contributed by atoms with Gasteiger partial charge in [-0.05, 0) is 66.6 Å². The minimum Gasteiger partial charge on any atom is -0.286 e. The molecule has 0 radical (unpaired) electrons. The van der Waals surface area contributed by atoms with E-state index in [0.29, 0.717) is 0 Å². The van der Waals surface area contributed by atoms with Gasteiger partial charge in [0, 0.05) is 38.7 Å². The quantitative estimate of drug-likeness (QED) is 0.487. The summed E-state index contributed by atoms with van der Waals surface area (Å²) >= 11 is 8.94. The predicted octanol–water partition coefficient (Wildman–Crippen LogP) is 4.32. The number of pyridine rings is 2. The van der Waals surface area contributed by atoms with Crippen LogP contribution in [0.3, 0.4) is 0 Å². The van der Waals surface area contributed by atoms with Crippen LogP contribution < -0.4 is 0 Å². The highest BCUT2D eigenvalue weighted by Gasteiger charge is 2.14. The van der Waals surface area contributed by atoms with Crippen molar-refractivity contribution in [1.29, 1.82) is 0 Å². The van der Waals surface area contributed by atoms with Crippen LogP contribution in [-0.2, 0) is 13.1 Å². The fraction of sp³-hybridized carbons (Fsp3) is 0.143. The van der Waals surface area contributed by atoms with E-state index in [4.69, 9.17) is 0 Å². The molecular formula is C14H9Br2IN4. The lowest BCUT2D eigenvalue weighted by Crippen LogP contribution is -1.91. The van der Waals surface area contributed by atoms with Crippen LogP contribution in [0.1, 0.15) is 22.5 Å². The van der Waals surface area contributed by atoms with Crippen molar-refractivity contribution in [3.8, 4) is 0 Å². The molecule has 7 heteroatoms. The lowest BCUT2D eigenvalue weighted by atomic mass is 10.2. The van der Waals surface area contributed by atoms with Gasteiger partial charge in [-0.25, -0.2) is 0 Å².